The molecule has 0 spiro atoms. The molecule has 2 heteroatoms. The van der Waals surface area contributed by atoms with Crippen LogP contribution in [0.3, 0.4) is 0 Å². The minimum atomic E-state index is 0.292. The van der Waals surface area contributed by atoms with E-state index in [9.17, 15) is 0 Å². The van der Waals surface area contributed by atoms with Gasteiger partial charge in [-0.1, -0.05) is 39.5 Å². The molecular formula is C14H29NO. The number of aliphatic hydroxyl groups is 1. The van der Waals surface area contributed by atoms with E-state index in [0.29, 0.717) is 12.6 Å². The van der Waals surface area contributed by atoms with Crippen molar-refractivity contribution in [2.45, 2.75) is 58.4 Å². The Morgan fingerprint density at radius 1 is 1.25 bits per heavy atom. The summed E-state index contributed by atoms with van der Waals surface area (Å²) in [4.78, 5) is 2.39. The minimum Gasteiger partial charge on any atom is -0.395 e. The molecular weight excluding hydrogens is 198 g/mol. The SMILES string of the molecule is CCC(C)C1CCCCCC1N(C)CCO. The number of rotatable bonds is 5. The Hall–Kier alpha value is -0.0800. The maximum atomic E-state index is 9.08. The van der Waals surface area contributed by atoms with Gasteiger partial charge in [-0.2, -0.15) is 0 Å². The second-order valence-electron chi connectivity index (χ2n) is 5.46. The molecule has 0 aromatic rings. The van der Waals surface area contributed by atoms with Crippen LogP contribution < -0.4 is 0 Å². The fourth-order valence-electron chi connectivity index (χ4n) is 3.15. The van der Waals surface area contributed by atoms with Crippen LogP contribution in [0.15, 0.2) is 0 Å². The molecule has 1 fully saturated rings. The summed E-state index contributed by atoms with van der Waals surface area (Å²) in [7, 11) is 2.18. The molecule has 1 rings (SSSR count). The highest BCUT2D eigenvalue weighted by molar-refractivity contribution is 4.83. The van der Waals surface area contributed by atoms with E-state index in [1.165, 1.54) is 38.5 Å². The molecule has 16 heavy (non-hydrogen) atoms. The first-order chi connectivity index (χ1) is 7.70. The van der Waals surface area contributed by atoms with E-state index >= 15 is 0 Å². The summed E-state index contributed by atoms with van der Waals surface area (Å²) in [6.07, 6.45) is 8.16. The van der Waals surface area contributed by atoms with Crippen molar-refractivity contribution >= 4 is 0 Å². The molecule has 0 radical (unpaired) electrons. The van der Waals surface area contributed by atoms with Gasteiger partial charge in [-0.25, -0.2) is 0 Å². The van der Waals surface area contributed by atoms with Crippen LogP contribution in [0.4, 0.5) is 0 Å². The van der Waals surface area contributed by atoms with Gasteiger partial charge in [-0.05, 0) is 31.7 Å². The monoisotopic (exact) mass is 227 g/mol. The highest BCUT2D eigenvalue weighted by Gasteiger charge is 2.29. The van der Waals surface area contributed by atoms with Gasteiger partial charge in [-0.15, -0.1) is 0 Å². The lowest BCUT2D eigenvalue weighted by atomic mass is 9.81. The largest absolute Gasteiger partial charge is 0.395 e. The smallest absolute Gasteiger partial charge is 0.0558 e. The number of hydrogen-bond donors (Lipinski definition) is 1. The molecule has 0 amide bonds. The Morgan fingerprint density at radius 2 is 1.94 bits per heavy atom. The van der Waals surface area contributed by atoms with E-state index in [2.05, 4.69) is 25.8 Å². The van der Waals surface area contributed by atoms with Crippen LogP contribution in [0, 0.1) is 11.8 Å². The summed E-state index contributed by atoms with van der Waals surface area (Å²) in [5, 5.41) is 9.08. The van der Waals surface area contributed by atoms with Gasteiger partial charge in [0.25, 0.3) is 0 Å². The van der Waals surface area contributed by atoms with Crippen molar-refractivity contribution in [3.05, 3.63) is 0 Å². The van der Waals surface area contributed by atoms with Gasteiger partial charge < -0.3 is 10.0 Å². The molecule has 0 aromatic carbocycles. The fraction of sp³-hybridized carbons (Fsp3) is 1.00. The van der Waals surface area contributed by atoms with Crippen molar-refractivity contribution in [3.8, 4) is 0 Å². The molecule has 3 atom stereocenters. The molecule has 2 nitrogen and oxygen atoms in total. The van der Waals surface area contributed by atoms with Crippen LogP contribution in [0.1, 0.15) is 52.4 Å². The van der Waals surface area contributed by atoms with Gasteiger partial charge >= 0.3 is 0 Å². The molecule has 0 bridgehead atoms. The lowest BCUT2D eigenvalue weighted by molar-refractivity contribution is 0.106. The van der Waals surface area contributed by atoms with Gasteiger partial charge in [-0.3, -0.25) is 0 Å². The van der Waals surface area contributed by atoms with Crippen molar-refractivity contribution in [1.29, 1.82) is 0 Å². The van der Waals surface area contributed by atoms with E-state index in [-0.39, 0.29) is 0 Å². The van der Waals surface area contributed by atoms with E-state index in [0.717, 1.165) is 18.4 Å². The average Bonchev–Trinajstić information content (AvgIpc) is 2.53. The van der Waals surface area contributed by atoms with Gasteiger partial charge in [0.15, 0.2) is 0 Å². The number of nitrogens with zero attached hydrogens (tertiary/aromatic N) is 1. The summed E-state index contributed by atoms with van der Waals surface area (Å²) in [6.45, 7) is 5.83. The Morgan fingerprint density at radius 3 is 2.56 bits per heavy atom. The topological polar surface area (TPSA) is 23.5 Å². The fourth-order valence-corrected chi connectivity index (χ4v) is 3.15. The van der Waals surface area contributed by atoms with E-state index in [1.54, 1.807) is 0 Å². The van der Waals surface area contributed by atoms with Crippen molar-refractivity contribution in [2.75, 3.05) is 20.2 Å². The molecule has 0 aliphatic heterocycles. The lowest BCUT2D eigenvalue weighted by Crippen LogP contribution is -2.41. The van der Waals surface area contributed by atoms with Gasteiger partial charge in [0.05, 0.1) is 6.61 Å². The summed E-state index contributed by atoms with van der Waals surface area (Å²) >= 11 is 0. The highest BCUT2D eigenvalue weighted by Crippen LogP contribution is 2.33. The first kappa shape index (κ1) is 14.0. The summed E-state index contributed by atoms with van der Waals surface area (Å²) in [5.41, 5.74) is 0. The zero-order chi connectivity index (χ0) is 12.0. The molecule has 3 unspecified atom stereocenters. The Bertz CT molecular complexity index is 184. The van der Waals surface area contributed by atoms with Crippen molar-refractivity contribution in [2.24, 2.45) is 11.8 Å². The van der Waals surface area contributed by atoms with Gasteiger partial charge in [0.1, 0.15) is 0 Å². The summed E-state index contributed by atoms with van der Waals surface area (Å²) in [6, 6.07) is 0.699. The highest BCUT2D eigenvalue weighted by atomic mass is 16.3. The number of hydrogen-bond acceptors (Lipinski definition) is 2. The molecule has 96 valence electrons. The average molecular weight is 227 g/mol. The summed E-state index contributed by atoms with van der Waals surface area (Å²) in [5.74, 6) is 1.66. The maximum absolute atomic E-state index is 9.08. The van der Waals surface area contributed by atoms with Gasteiger partial charge in [0.2, 0.25) is 0 Å². The van der Waals surface area contributed by atoms with Crippen LogP contribution in [0.25, 0.3) is 0 Å². The maximum Gasteiger partial charge on any atom is 0.0558 e. The number of aliphatic hydroxyl groups excluding tert-OH is 1. The quantitative estimate of drug-likeness (QED) is 0.730. The first-order valence-electron chi connectivity index (χ1n) is 7.01. The van der Waals surface area contributed by atoms with Gasteiger partial charge in [0, 0.05) is 12.6 Å². The second-order valence-corrected chi connectivity index (χ2v) is 5.46. The summed E-state index contributed by atoms with van der Waals surface area (Å²) < 4.78 is 0. The first-order valence-corrected chi connectivity index (χ1v) is 7.01. The molecule has 0 aromatic heterocycles. The predicted molar refractivity (Wildman–Crippen MR) is 69.5 cm³/mol. The minimum absolute atomic E-state index is 0.292. The third kappa shape index (κ3) is 3.74. The molecule has 1 N–H and O–H groups in total. The third-order valence-corrected chi connectivity index (χ3v) is 4.43. The van der Waals surface area contributed by atoms with Crippen LogP contribution in [-0.2, 0) is 0 Å². The second kappa shape index (κ2) is 7.29. The van der Waals surface area contributed by atoms with Crippen LogP contribution in [-0.4, -0.2) is 36.2 Å². The van der Waals surface area contributed by atoms with Crippen LogP contribution >= 0.6 is 0 Å². The van der Waals surface area contributed by atoms with E-state index in [1.807, 2.05) is 0 Å². The third-order valence-electron chi connectivity index (χ3n) is 4.43. The van der Waals surface area contributed by atoms with Crippen LogP contribution in [0.5, 0.6) is 0 Å². The zero-order valence-corrected chi connectivity index (χ0v) is 11.3. The van der Waals surface area contributed by atoms with E-state index in [4.69, 9.17) is 5.11 Å². The molecule has 0 saturated heterocycles. The lowest BCUT2D eigenvalue weighted by Gasteiger charge is -2.36. The Balaban J connectivity index is 2.64. The predicted octanol–water partition coefficient (Wildman–Crippen LogP) is 2.91. The molecule has 1 aliphatic rings. The molecule has 1 saturated carbocycles. The molecule has 1 aliphatic carbocycles. The zero-order valence-electron chi connectivity index (χ0n) is 11.3. The van der Waals surface area contributed by atoms with Crippen LogP contribution in [0.2, 0.25) is 0 Å². The Labute approximate surface area is 101 Å². The van der Waals surface area contributed by atoms with Crippen molar-refractivity contribution in [1.82, 2.24) is 4.90 Å². The molecule has 0 heterocycles. The number of likely N-dealkylation sites (N-methyl/N-ethyl adjacent to an activating group) is 1. The van der Waals surface area contributed by atoms with Crippen molar-refractivity contribution < 1.29 is 5.11 Å². The van der Waals surface area contributed by atoms with E-state index < -0.39 is 0 Å². The van der Waals surface area contributed by atoms with Crippen molar-refractivity contribution in [3.63, 3.8) is 0 Å². The standard InChI is InChI=1S/C14H29NO/c1-4-12(2)13-8-6-5-7-9-14(13)15(3)10-11-16/h12-14,16H,4-11H2,1-3H3. The Kier molecular flexibility index (Phi) is 6.37. The normalized spacial score (nSPS) is 29.1.